The highest BCUT2D eigenvalue weighted by Crippen LogP contribution is 2.12. The van der Waals surface area contributed by atoms with Gasteiger partial charge in [-0.1, -0.05) is 6.08 Å². The summed E-state index contributed by atoms with van der Waals surface area (Å²) in [5.74, 6) is 0. The van der Waals surface area contributed by atoms with E-state index >= 15 is 0 Å². The van der Waals surface area contributed by atoms with E-state index in [-0.39, 0.29) is 0 Å². The zero-order valence-electron chi connectivity index (χ0n) is 5.62. The molecule has 10 heavy (non-hydrogen) atoms. The van der Waals surface area contributed by atoms with Crippen LogP contribution in [0.3, 0.4) is 0 Å². The number of aromatic nitrogens is 1. The second-order valence-corrected chi connectivity index (χ2v) is 2.26. The highest BCUT2D eigenvalue weighted by atomic mass is 14.9. The maximum absolute atomic E-state index is 3.23. The van der Waals surface area contributed by atoms with Crippen LogP contribution in [-0.2, 0) is 0 Å². The lowest BCUT2D eigenvalue weighted by molar-refractivity contribution is 1.12. The smallest absolute Gasteiger partial charge is 0.0485 e. The van der Waals surface area contributed by atoms with Crippen LogP contribution in [0, 0.1) is 6.08 Å². The molecule has 1 nitrogen and oxygen atoms in total. The summed E-state index contributed by atoms with van der Waals surface area (Å²) < 4.78 is 2.06. The fourth-order valence-electron chi connectivity index (χ4n) is 1.07. The Morgan fingerprint density at radius 3 is 2.70 bits per heavy atom. The van der Waals surface area contributed by atoms with Crippen molar-refractivity contribution in [1.82, 2.24) is 4.57 Å². The van der Waals surface area contributed by atoms with Crippen LogP contribution in [0.15, 0.2) is 36.7 Å². The van der Waals surface area contributed by atoms with Crippen LogP contribution in [0.5, 0.6) is 0 Å². The summed E-state index contributed by atoms with van der Waals surface area (Å²) in [6.45, 7) is 0. The minimum absolute atomic E-state index is 0.952. The Bertz CT molecular complexity index is 265. The molecule has 0 atom stereocenters. The zero-order chi connectivity index (χ0) is 6.81. The maximum Gasteiger partial charge on any atom is 0.0485 e. The first-order chi connectivity index (χ1) is 4.97. The highest BCUT2D eigenvalue weighted by molar-refractivity contribution is 5.57. The summed E-state index contributed by atoms with van der Waals surface area (Å²) in [6, 6.07) is 4.03. The molecular formula is C9H8N. The van der Waals surface area contributed by atoms with Gasteiger partial charge in [-0.15, -0.1) is 0 Å². The molecule has 1 heterocycles. The van der Waals surface area contributed by atoms with Gasteiger partial charge < -0.3 is 4.57 Å². The summed E-state index contributed by atoms with van der Waals surface area (Å²) in [5.41, 5.74) is 1.16. The summed E-state index contributed by atoms with van der Waals surface area (Å²) in [5, 5.41) is 0. The van der Waals surface area contributed by atoms with Gasteiger partial charge in [0.2, 0.25) is 0 Å². The summed E-state index contributed by atoms with van der Waals surface area (Å²) in [6.07, 6.45) is 12.4. The van der Waals surface area contributed by atoms with E-state index in [0.717, 1.165) is 12.1 Å². The highest BCUT2D eigenvalue weighted by Gasteiger charge is 1.97. The topological polar surface area (TPSA) is 4.93 Å². The molecule has 1 heteroatoms. The first-order valence-electron chi connectivity index (χ1n) is 3.37. The Morgan fingerprint density at radius 1 is 1.30 bits per heavy atom. The van der Waals surface area contributed by atoms with Gasteiger partial charge in [-0.2, -0.15) is 0 Å². The van der Waals surface area contributed by atoms with Gasteiger partial charge in [-0.05, 0) is 30.7 Å². The maximum atomic E-state index is 3.23. The number of nitrogens with zero attached hydrogens (tertiary/aromatic N) is 1. The summed E-state index contributed by atoms with van der Waals surface area (Å²) >= 11 is 0. The predicted molar refractivity (Wildman–Crippen MR) is 41.1 cm³/mol. The molecule has 0 unspecified atom stereocenters. The van der Waals surface area contributed by atoms with Crippen molar-refractivity contribution in [2.24, 2.45) is 0 Å². The molecule has 0 saturated heterocycles. The van der Waals surface area contributed by atoms with Crippen LogP contribution in [0.1, 0.15) is 6.42 Å². The van der Waals surface area contributed by atoms with Crippen molar-refractivity contribution in [2.45, 2.75) is 6.42 Å². The van der Waals surface area contributed by atoms with E-state index in [2.05, 4.69) is 22.8 Å². The van der Waals surface area contributed by atoms with Gasteiger partial charge in [0.05, 0.1) is 0 Å². The molecule has 49 valence electrons. The van der Waals surface area contributed by atoms with E-state index in [1.54, 1.807) is 0 Å². The molecule has 0 aliphatic heterocycles. The second kappa shape index (κ2) is 2.18. The van der Waals surface area contributed by atoms with Crippen LogP contribution in [0.2, 0.25) is 0 Å². The predicted octanol–water partition coefficient (Wildman–Crippen LogP) is 2.09. The lowest BCUT2D eigenvalue weighted by Gasteiger charge is -1.97. The van der Waals surface area contributed by atoms with Crippen molar-refractivity contribution in [3.05, 3.63) is 42.8 Å². The Labute approximate surface area is 60.3 Å². The molecule has 0 amide bonds. The first kappa shape index (κ1) is 5.54. The number of rotatable bonds is 1. The van der Waals surface area contributed by atoms with Gasteiger partial charge in [0.1, 0.15) is 0 Å². The summed E-state index contributed by atoms with van der Waals surface area (Å²) in [7, 11) is 0. The molecule has 1 aliphatic rings. The summed E-state index contributed by atoms with van der Waals surface area (Å²) in [4.78, 5) is 0. The molecule has 1 aromatic rings. The number of hydrogen-bond acceptors (Lipinski definition) is 0. The van der Waals surface area contributed by atoms with E-state index in [1.807, 2.05) is 24.5 Å². The van der Waals surface area contributed by atoms with Crippen molar-refractivity contribution in [1.29, 1.82) is 0 Å². The van der Waals surface area contributed by atoms with Crippen molar-refractivity contribution in [3.63, 3.8) is 0 Å². The van der Waals surface area contributed by atoms with Gasteiger partial charge in [-0.3, -0.25) is 0 Å². The van der Waals surface area contributed by atoms with Gasteiger partial charge >= 0.3 is 0 Å². The van der Waals surface area contributed by atoms with Crippen molar-refractivity contribution in [2.75, 3.05) is 0 Å². The lowest BCUT2D eigenvalue weighted by atomic mass is 10.4. The molecule has 0 fully saturated rings. The van der Waals surface area contributed by atoms with Crippen LogP contribution >= 0.6 is 0 Å². The molecule has 0 aromatic carbocycles. The molecule has 0 bridgehead atoms. The lowest BCUT2D eigenvalue weighted by Crippen LogP contribution is -1.86. The fraction of sp³-hybridized carbons (Fsp3) is 0.111. The molecule has 2 rings (SSSR count). The Balaban J connectivity index is 2.36. The van der Waals surface area contributed by atoms with Crippen molar-refractivity contribution >= 4 is 5.70 Å². The Hall–Kier alpha value is -1.24. The molecule has 1 aromatic heterocycles. The third-order valence-corrected chi connectivity index (χ3v) is 1.56. The van der Waals surface area contributed by atoms with E-state index in [0.29, 0.717) is 0 Å². The normalized spacial score (nSPS) is 15.8. The van der Waals surface area contributed by atoms with E-state index in [4.69, 9.17) is 0 Å². The molecule has 0 spiro atoms. The molecule has 0 N–H and O–H groups in total. The number of hydrogen-bond donors (Lipinski definition) is 0. The SMILES string of the molecule is [C]1=C(n2cccc2)C=CC1. The Morgan fingerprint density at radius 2 is 2.10 bits per heavy atom. The average molecular weight is 130 g/mol. The van der Waals surface area contributed by atoms with Crippen LogP contribution in [0.4, 0.5) is 0 Å². The van der Waals surface area contributed by atoms with Crippen LogP contribution < -0.4 is 0 Å². The van der Waals surface area contributed by atoms with Gasteiger partial charge in [0, 0.05) is 18.1 Å². The molecular weight excluding hydrogens is 122 g/mol. The van der Waals surface area contributed by atoms with Crippen LogP contribution in [0.25, 0.3) is 5.70 Å². The van der Waals surface area contributed by atoms with E-state index in [9.17, 15) is 0 Å². The van der Waals surface area contributed by atoms with E-state index < -0.39 is 0 Å². The Kier molecular flexibility index (Phi) is 1.21. The van der Waals surface area contributed by atoms with Crippen LogP contribution in [-0.4, -0.2) is 4.57 Å². The molecule has 1 radical (unpaired) electrons. The van der Waals surface area contributed by atoms with Gasteiger partial charge in [-0.25, -0.2) is 0 Å². The quantitative estimate of drug-likeness (QED) is 0.548. The second-order valence-electron chi connectivity index (χ2n) is 2.26. The van der Waals surface area contributed by atoms with Crippen molar-refractivity contribution in [3.8, 4) is 0 Å². The zero-order valence-corrected chi connectivity index (χ0v) is 5.62. The fourth-order valence-corrected chi connectivity index (χ4v) is 1.07. The van der Waals surface area contributed by atoms with Gasteiger partial charge in [0.25, 0.3) is 0 Å². The first-order valence-corrected chi connectivity index (χ1v) is 3.37. The largest absolute Gasteiger partial charge is 0.324 e. The monoisotopic (exact) mass is 130 g/mol. The third-order valence-electron chi connectivity index (χ3n) is 1.56. The van der Waals surface area contributed by atoms with E-state index in [1.165, 1.54) is 0 Å². The minimum Gasteiger partial charge on any atom is -0.324 e. The standard InChI is InChI=1S/C9H8N/c1-2-6-9(5-1)10-7-3-4-8-10/h1,3-5,7-8H,2H2. The van der Waals surface area contributed by atoms with Gasteiger partial charge in [0.15, 0.2) is 0 Å². The molecule has 1 aliphatic carbocycles. The van der Waals surface area contributed by atoms with Crippen molar-refractivity contribution < 1.29 is 0 Å². The average Bonchev–Trinajstić information content (AvgIpc) is 2.59. The minimum atomic E-state index is 0.952. The molecule has 0 saturated carbocycles. The third kappa shape index (κ3) is 0.798. The number of allylic oxidation sites excluding steroid dienone is 4.